The summed E-state index contributed by atoms with van der Waals surface area (Å²) in [5.74, 6) is 2.10. The maximum absolute atomic E-state index is 4.42. The zero-order valence-corrected chi connectivity index (χ0v) is 16.1. The molecule has 2 heterocycles. The number of likely N-dealkylation sites (tertiary alicyclic amines) is 1. The molecule has 1 atom stereocenters. The van der Waals surface area contributed by atoms with Crippen LogP contribution in [0.3, 0.4) is 0 Å². The third-order valence-electron chi connectivity index (χ3n) is 4.20. The van der Waals surface area contributed by atoms with Crippen molar-refractivity contribution in [3.8, 4) is 0 Å². The third-order valence-corrected chi connectivity index (χ3v) is 6.25. The molecule has 1 aliphatic heterocycles. The molecule has 1 saturated heterocycles. The molecule has 130 valence electrons. The second kappa shape index (κ2) is 10.2. The first kappa shape index (κ1) is 18.5. The highest BCUT2D eigenvalue weighted by molar-refractivity contribution is 8.00. The van der Waals surface area contributed by atoms with E-state index in [9.17, 15) is 0 Å². The largest absolute Gasteiger partial charge is 0.356 e. The SMILES string of the molecule is CCN1CCCC1CN(C)C(=NC)NCCCSc1nccs1. The Morgan fingerprint density at radius 3 is 3.17 bits per heavy atom. The minimum absolute atomic E-state index is 0.670. The maximum atomic E-state index is 4.42. The highest BCUT2D eigenvalue weighted by Gasteiger charge is 2.24. The van der Waals surface area contributed by atoms with Gasteiger partial charge in [0.15, 0.2) is 5.96 Å². The van der Waals surface area contributed by atoms with Gasteiger partial charge in [0.1, 0.15) is 4.34 Å². The first-order valence-corrected chi connectivity index (χ1v) is 10.3. The number of aliphatic imine (C=N–C) groups is 1. The number of aromatic nitrogens is 1. The Balaban J connectivity index is 1.65. The molecule has 1 aromatic rings. The summed E-state index contributed by atoms with van der Waals surface area (Å²) in [6.45, 7) is 6.66. The molecular formula is C16H29N5S2. The van der Waals surface area contributed by atoms with Gasteiger partial charge in [0.05, 0.1) is 0 Å². The van der Waals surface area contributed by atoms with Crippen LogP contribution in [0, 0.1) is 0 Å². The summed E-state index contributed by atoms with van der Waals surface area (Å²) in [4.78, 5) is 13.6. The van der Waals surface area contributed by atoms with Crippen LogP contribution in [0.4, 0.5) is 0 Å². The van der Waals surface area contributed by atoms with Crippen LogP contribution in [0.1, 0.15) is 26.2 Å². The molecule has 0 aromatic carbocycles. The number of likely N-dealkylation sites (N-methyl/N-ethyl adjacent to an activating group) is 2. The van der Waals surface area contributed by atoms with E-state index < -0.39 is 0 Å². The minimum Gasteiger partial charge on any atom is -0.356 e. The molecule has 1 aromatic heterocycles. The average Bonchev–Trinajstić information content (AvgIpc) is 3.22. The van der Waals surface area contributed by atoms with Crippen LogP contribution in [0.25, 0.3) is 0 Å². The molecule has 0 spiro atoms. The molecule has 1 N–H and O–H groups in total. The topological polar surface area (TPSA) is 43.8 Å². The van der Waals surface area contributed by atoms with Crippen molar-refractivity contribution < 1.29 is 0 Å². The van der Waals surface area contributed by atoms with E-state index >= 15 is 0 Å². The number of hydrogen-bond donors (Lipinski definition) is 1. The van der Waals surface area contributed by atoms with E-state index in [1.807, 2.05) is 30.4 Å². The Kier molecular flexibility index (Phi) is 8.19. The van der Waals surface area contributed by atoms with Gasteiger partial charge in [-0.3, -0.25) is 9.89 Å². The summed E-state index contributed by atoms with van der Waals surface area (Å²) in [5.41, 5.74) is 0. The Morgan fingerprint density at radius 2 is 2.48 bits per heavy atom. The molecule has 7 heteroatoms. The Morgan fingerprint density at radius 1 is 1.61 bits per heavy atom. The summed E-state index contributed by atoms with van der Waals surface area (Å²) in [7, 11) is 4.02. The van der Waals surface area contributed by atoms with Crippen molar-refractivity contribution in [2.75, 3.05) is 46.0 Å². The monoisotopic (exact) mass is 355 g/mol. The summed E-state index contributed by atoms with van der Waals surface area (Å²) in [6, 6.07) is 0.670. The second-order valence-electron chi connectivity index (χ2n) is 5.78. The number of nitrogens with zero attached hydrogens (tertiary/aromatic N) is 4. The Labute approximate surface area is 148 Å². The lowest BCUT2D eigenvalue weighted by molar-refractivity contribution is 0.233. The lowest BCUT2D eigenvalue weighted by Crippen LogP contribution is -2.46. The van der Waals surface area contributed by atoms with Crippen molar-refractivity contribution in [1.29, 1.82) is 0 Å². The van der Waals surface area contributed by atoms with Gasteiger partial charge in [-0.1, -0.05) is 18.7 Å². The van der Waals surface area contributed by atoms with Crippen LogP contribution in [-0.2, 0) is 0 Å². The third kappa shape index (κ3) is 5.97. The van der Waals surface area contributed by atoms with Gasteiger partial charge in [0.25, 0.3) is 0 Å². The first-order valence-electron chi connectivity index (χ1n) is 8.42. The van der Waals surface area contributed by atoms with Crippen molar-refractivity contribution in [1.82, 2.24) is 20.1 Å². The van der Waals surface area contributed by atoms with E-state index in [4.69, 9.17) is 0 Å². The standard InChI is InChI=1S/C16H29N5S2/c1-4-21-10-5-7-14(21)13-20(3)15(17-2)18-8-6-11-22-16-19-9-12-23-16/h9,12,14H,4-8,10-11,13H2,1-3H3,(H,17,18). The number of hydrogen-bond acceptors (Lipinski definition) is 5. The molecule has 0 aliphatic carbocycles. The van der Waals surface area contributed by atoms with Crippen LogP contribution in [0.2, 0.25) is 0 Å². The van der Waals surface area contributed by atoms with E-state index in [1.54, 1.807) is 11.3 Å². The van der Waals surface area contributed by atoms with Crippen molar-refractivity contribution in [3.05, 3.63) is 11.6 Å². The van der Waals surface area contributed by atoms with Crippen molar-refractivity contribution >= 4 is 29.1 Å². The van der Waals surface area contributed by atoms with Gasteiger partial charge in [-0.05, 0) is 32.4 Å². The fourth-order valence-electron chi connectivity index (χ4n) is 3.02. The predicted molar refractivity (Wildman–Crippen MR) is 102 cm³/mol. The molecule has 23 heavy (non-hydrogen) atoms. The summed E-state index contributed by atoms with van der Waals surface area (Å²) in [6.07, 6.45) is 5.61. The lowest BCUT2D eigenvalue weighted by Gasteiger charge is -2.29. The van der Waals surface area contributed by atoms with E-state index in [2.05, 4.69) is 39.1 Å². The number of thiazole rings is 1. The van der Waals surface area contributed by atoms with Crippen LogP contribution in [-0.4, -0.2) is 72.8 Å². The van der Waals surface area contributed by atoms with Crippen LogP contribution >= 0.6 is 23.1 Å². The van der Waals surface area contributed by atoms with Gasteiger partial charge in [-0.25, -0.2) is 4.98 Å². The summed E-state index contributed by atoms with van der Waals surface area (Å²) >= 11 is 3.54. The van der Waals surface area contributed by atoms with E-state index in [1.165, 1.54) is 19.4 Å². The number of nitrogens with one attached hydrogen (secondary N) is 1. The average molecular weight is 356 g/mol. The summed E-state index contributed by atoms with van der Waals surface area (Å²) < 4.78 is 1.16. The lowest BCUT2D eigenvalue weighted by atomic mass is 10.2. The normalized spacial score (nSPS) is 19.3. The maximum Gasteiger partial charge on any atom is 0.193 e. The molecule has 5 nitrogen and oxygen atoms in total. The summed E-state index contributed by atoms with van der Waals surface area (Å²) in [5, 5.41) is 5.51. The van der Waals surface area contributed by atoms with Crippen LogP contribution < -0.4 is 5.32 Å². The Bertz CT molecular complexity index is 463. The molecule has 0 bridgehead atoms. The van der Waals surface area contributed by atoms with E-state index in [-0.39, 0.29) is 0 Å². The molecule has 1 fully saturated rings. The zero-order chi connectivity index (χ0) is 16.5. The zero-order valence-electron chi connectivity index (χ0n) is 14.5. The highest BCUT2D eigenvalue weighted by atomic mass is 32.2. The fourth-order valence-corrected chi connectivity index (χ4v) is 4.67. The van der Waals surface area contributed by atoms with Crippen LogP contribution in [0.15, 0.2) is 20.9 Å². The molecule has 0 saturated carbocycles. The number of rotatable bonds is 8. The highest BCUT2D eigenvalue weighted by Crippen LogP contribution is 2.20. The molecular weight excluding hydrogens is 326 g/mol. The molecule has 1 aliphatic rings. The van der Waals surface area contributed by atoms with Crippen molar-refractivity contribution in [2.45, 2.75) is 36.6 Å². The van der Waals surface area contributed by atoms with Crippen molar-refractivity contribution in [2.24, 2.45) is 4.99 Å². The van der Waals surface area contributed by atoms with Gasteiger partial charge >= 0.3 is 0 Å². The number of guanidine groups is 1. The van der Waals surface area contributed by atoms with Gasteiger partial charge in [-0.15, -0.1) is 11.3 Å². The molecule has 2 rings (SSSR count). The second-order valence-corrected chi connectivity index (χ2v) is 8.02. The molecule has 0 radical (unpaired) electrons. The van der Waals surface area contributed by atoms with Gasteiger partial charge < -0.3 is 10.2 Å². The van der Waals surface area contributed by atoms with Crippen molar-refractivity contribution in [3.63, 3.8) is 0 Å². The predicted octanol–water partition coefficient (Wildman–Crippen LogP) is 2.62. The van der Waals surface area contributed by atoms with E-state index in [0.717, 1.165) is 42.1 Å². The first-order chi connectivity index (χ1) is 11.2. The van der Waals surface area contributed by atoms with Gasteiger partial charge in [0.2, 0.25) is 0 Å². The van der Waals surface area contributed by atoms with Gasteiger partial charge in [-0.2, -0.15) is 0 Å². The smallest absolute Gasteiger partial charge is 0.193 e. The quantitative estimate of drug-likeness (QED) is 0.336. The van der Waals surface area contributed by atoms with E-state index in [0.29, 0.717) is 6.04 Å². The number of thioether (sulfide) groups is 1. The fraction of sp³-hybridized carbons (Fsp3) is 0.750. The van der Waals surface area contributed by atoms with Crippen LogP contribution in [0.5, 0.6) is 0 Å². The van der Waals surface area contributed by atoms with Gasteiger partial charge in [0, 0.05) is 50.6 Å². The molecule has 0 amide bonds. The minimum atomic E-state index is 0.670. The molecule has 1 unspecified atom stereocenters. The Hall–Kier alpha value is -0.790.